The Bertz CT molecular complexity index is 1020. The minimum atomic E-state index is -0.809. The molecular weight excluding hydrogens is 328 g/mol. The second-order valence-corrected chi connectivity index (χ2v) is 5.08. The third kappa shape index (κ3) is 3.18. The first-order valence-electron chi connectivity index (χ1n) is 7.16. The lowest BCUT2D eigenvalue weighted by Crippen LogP contribution is -2.20. The maximum atomic E-state index is 12.3. The molecule has 1 amide bonds. The van der Waals surface area contributed by atoms with Gasteiger partial charge in [0.1, 0.15) is 5.56 Å². The van der Waals surface area contributed by atoms with Crippen molar-refractivity contribution in [3.05, 3.63) is 74.6 Å². The maximum Gasteiger partial charge on any atom is 0.349 e. The normalized spacial score (nSPS) is 10.4. The van der Waals surface area contributed by atoms with Crippen molar-refractivity contribution in [3.63, 3.8) is 0 Å². The highest BCUT2D eigenvalue weighted by Gasteiger charge is 2.16. The van der Waals surface area contributed by atoms with Crippen molar-refractivity contribution in [2.24, 2.45) is 0 Å². The molecule has 0 saturated carbocycles. The number of hydrogen-bond donors (Lipinski definition) is 1. The number of hydrogen-bond acceptors (Lipinski definition) is 6. The molecular formula is C17H12N2O6. The minimum Gasteiger partial charge on any atom is -0.493 e. The van der Waals surface area contributed by atoms with Gasteiger partial charge in [0.15, 0.2) is 11.3 Å². The third-order valence-electron chi connectivity index (χ3n) is 3.52. The molecule has 2 aromatic carbocycles. The summed E-state index contributed by atoms with van der Waals surface area (Å²) in [5, 5.41) is 13.7. The van der Waals surface area contributed by atoms with Gasteiger partial charge in [0.05, 0.1) is 12.0 Å². The van der Waals surface area contributed by atoms with Crippen LogP contribution >= 0.6 is 0 Å². The SMILES string of the molecule is COc1cccc2cc(C(=O)Nc3ccc([N+](=O)[O-])cc3)c(=O)oc12. The van der Waals surface area contributed by atoms with Crippen LogP contribution in [0.4, 0.5) is 11.4 Å². The summed E-state index contributed by atoms with van der Waals surface area (Å²) < 4.78 is 10.3. The maximum absolute atomic E-state index is 12.3. The molecule has 0 atom stereocenters. The number of benzene rings is 2. The van der Waals surface area contributed by atoms with Crippen LogP contribution in [0.5, 0.6) is 5.75 Å². The lowest BCUT2D eigenvalue weighted by Gasteiger charge is -2.07. The van der Waals surface area contributed by atoms with Crippen molar-refractivity contribution in [3.8, 4) is 5.75 Å². The number of para-hydroxylation sites is 1. The number of nitro groups is 1. The van der Waals surface area contributed by atoms with Crippen LogP contribution in [0.15, 0.2) is 57.7 Å². The molecule has 0 fully saturated rings. The number of non-ortho nitro benzene ring substituents is 1. The predicted molar refractivity (Wildman–Crippen MR) is 90.1 cm³/mol. The molecule has 1 heterocycles. The van der Waals surface area contributed by atoms with Gasteiger partial charge in [-0.05, 0) is 24.3 Å². The summed E-state index contributed by atoms with van der Waals surface area (Å²) in [6.07, 6.45) is 0. The monoisotopic (exact) mass is 340 g/mol. The van der Waals surface area contributed by atoms with Crippen molar-refractivity contribution in [1.82, 2.24) is 0 Å². The summed E-state index contributed by atoms with van der Waals surface area (Å²) in [6.45, 7) is 0. The Morgan fingerprint density at radius 2 is 1.92 bits per heavy atom. The van der Waals surface area contributed by atoms with Crippen LogP contribution < -0.4 is 15.7 Å². The number of fused-ring (bicyclic) bond motifs is 1. The number of nitrogens with zero attached hydrogens (tertiary/aromatic N) is 1. The summed E-state index contributed by atoms with van der Waals surface area (Å²) >= 11 is 0. The Kier molecular flexibility index (Phi) is 4.17. The van der Waals surface area contributed by atoms with Crippen LogP contribution in [-0.2, 0) is 0 Å². The number of nitrogens with one attached hydrogen (secondary N) is 1. The highest BCUT2D eigenvalue weighted by Crippen LogP contribution is 2.24. The molecule has 0 bridgehead atoms. The summed E-state index contributed by atoms with van der Waals surface area (Å²) in [6, 6.07) is 11.7. The first-order valence-corrected chi connectivity index (χ1v) is 7.16. The Labute approximate surface area is 140 Å². The molecule has 0 aliphatic carbocycles. The molecule has 25 heavy (non-hydrogen) atoms. The second-order valence-electron chi connectivity index (χ2n) is 5.08. The smallest absolute Gasteiger partial charge is 0.349 e. The van der Waals surface area contributed by atoms with Gasteiger partial charge in [0, 0.05) is 23.2 Å². The molecule has 126 valence electrons. The van der Waals surface area contributed by atoms with Gasteiger partial charge in [-0.25, -0.2) is 4.79 Å². The van der Waals surface area contributed by atoms with E-state index in [-0.39, 0.29) is 16.8 Å². The van der Waals surface area contributed by atoms with E-state index < -0.39 is 16.5 Å². The average molecular weight is 340 g/mol. The van der Waals surface area contributed by atoms with Gasteiger partial charge >= 0.3 is 5.63 Å². The standard InChI is InChI=1S/C17H12N2O6/c1-24-14-4-2-3-10-9-13(17(21)25-15(10)14)16(20)18-11-5-7-12(8-6-11)19(22)23/h2-9H,1H3,(H,18,20). The fourth-order valence-corrected chi connectivity index (χ4v) is 2.30. The van der Waals surface area contributed by atoms with E-state index in [0.717, 1.165) is 0 Å². The molecule has 8 nitrogen and oxygen atoms in total. The van der Waals surface area contributed by atoms with Gasteiger partial charge in [0.2, 0.25) is 0 Å². The van der Waals surface area contributed by atoms with Crippen LogP contribution in [-0.4, -0.2) is 17.9 Å². The Hall–Kier alpha value is -3.68. The number of carbonyl (C=O) groups excluding carboxylic acids is 1. The zero-order valence-electron chi connectivity index (χ0n) is 13.0. The topological polar surface area (TPSA) is 112 Å². The molecule has 1 N–H and O–H groups in total. The summed E-state index contributed by atoms with van der Waals surface area (Å²) in [5.74, 6) is -0.288. The van der Waals surface area contributed by atoms with E-state index >= 15 is 0 Å². The predicted octanol–water partition coefficient (Wildman–Crippen LogP) is 2.96. The van der Waals surface area contributed by atoms with Crippen LogP contribution in [0.25, 0.3) is 11.0 Å². The van der Waals surface area contributed by atoms with Crippen molar-refractivity contribution in [2.75, 3.05) is 12.4 Å². The van der Waals surface area contributed by atoms with E-state index in [1.807, 2.05) is 0 Å². The molecule has 0 unspecified atom stereocenters. The number of anilines is 1. The minimum absolute atomic E-state index is 0.102. The first kappa shape index (κ1) is 16.2. The number of rotatable bonds is 4. The fourth-order valence-electron chi connectivity index (χ4n) is 2.30. The Morgan fingerprint density at radius 3 is 2.56 bits per heavy atom. The molecule has 1 aromatic heterocycles. The zero-order chi connectivity index (χ0) is 18.0. The number of nitro benzene ring substituents is 1. The van der Waals surface area contributed by atoms with Gasteiger partial charge in [-0.1, -0.05) is 12.1 Å². The molecule has 3 rings (SSSR count). The Balaban J connectivity index is 1.93. The molecule has 0 spiro atoms. The first-order chi connectivity index (χ1) is 12.0. The van der Waals surface area contributed by atoms with Crippen molar-refractivity contribution in [2.45, 2.75) is 0 Å². The quantitative estimate of drug-likeness (QED) is 0.444. The number of ether oxygens (including phenoxy) is 1. The van der Waals surface area contributed by atoms with E-state index in [2.05, 4.69) is 5.32 Å². The number of amides is 1. The van der Waals surface area contributed by atoms with Crippen LogP contribution in [0, 0.1) is 10.1 Å². The molecule has 0 aliphatic heterocycles. The van der Waals surface area contributed by atoms with Gasteiger partial charge in [0.25, 0.3) is 11.6 Å². The molecule has 8 heteroatoms. The summed E-state index contributed by atoms with van der Waals surface area (Å²) in [4.78, 5) is 34.5. The van der Waals surface area contributed by atoms with Crippen molar-refractivity contribution < 1.29 is 18.9 Å². The van der Waals surface area contributed by atoms with E-state index in [1.165, 1.54) is 37.4 Å². The van der Waals surface area contributed by atoms with Gasteiger partial charge in [-0.2, -0.15) is 0 Å². The van der Waals surface area contributed by atoms with Crippen LogP contribution in [0.3, 0.4) is 0 Å². The zero-order valence-corrected chi connectivity index (χ0v) is 13.0. The van der Waals surface area contributed by atoms with E-state index in [1.54, 1.807) is 18.2 Å². The van der Waals surface area contributed by atoms with E-state index in [0.29, 0.717) is 16.8 Å². The lowest BCUT2D eigenvalue weighted by molar-refractivity contribution is -0.384. The third-order valence-corrected chi connectivity index (χ3v) is 3.52. The van der Waals surface area contributed by atoms with Crippen molar-refractivity contribution in [1.29, 1.82) is 0 Å². The van der Waals surface area contributed by atoms with Crippen LogP contribution in [0.1, 0.15) is 10.4 Å². The molecule has 0 saturated heterocycles. The highest BCUT2D eigenvalue weighted by atomic mass is 16.6. The second kappa shape index (κ2) is 6.44. The van der Waals surface area contributed by atoms with E-state index in [4.69, 9.17) is 9.15 Å². The number of carbonyl (C=O) groups is 1. The fraction of sp³-hybridized carbons (Fsp3) is 0.0588. The Morgan fingerprint density at radius 1 is 1.20 bits per heavy atom. The average Bonchev–Trinajstić information content (AvgIpc) is 2.61. The molecule has 0 aliphatic rings. The van der Waals surface area contributed by atoms with Gasteiger partial charge < -0.3 is 14.5 Å². The van der Waals surface area contributed by atoms with E-state index in [9.17, 15) is 19.7 Å². The number of methoxy groups -OCH3 is 1. The lowest BCUT2D eigenvalue weighted by atomic mass is 10.1. The summed E-state index contributed by atoms with van der Waals surface area (Å²) in [5.41, 5.74) is -0.520. The van der Waals surface area contributed by atoms with Gasteiger partial charge in [-0.15, -0.1) is 0 Å². The molecule has 3 aromatic rings. The van der Waals surface area contributed by atoms with Crippen LogP contribution in [0.2, 0.25) is 0 Å². The summed E-state index contributed by atoms with van der Waals surface area (Å²) in [7, 11) is 1.45. The highest BCUT2D eigenvalue weighted by molar-refractivity contribution is 6.05. The van der Waals surface area contributed by atoms with Gasteiger partial charge in [-0.3, -0.25) is 14.9 Å². The van der Waals surface area contributed by atoms with Crippen molar-refractivity contribution >= 4 is 28.3 Å². The largest absolute Gasteiger partial charge is 0.493 e. The molecule has 0 radical (unpaired) electrons.